The third kappa shape index (κ3) is 4.37. The van der Waals surface area contributed by atoms with Gasteiger partial charge in [0.05, 0.1) is 23.2 Å². The van der Waals surface area contributed by atoms with Crippen LogP contribution in [0.5, 0.6) is 0 Å². The van der Waals surface area contributed by atoms with Gasteiger partial charge in [-0.15, -0.1) is 0 Å². The van der Waals surface area contributed by atoms with Crippen LogP contribution in [0.2, 0.25) is 5.02 Å². The van der Waals surface area contributed by atoms with Crippen molar-refractivity contribution in [3.05, 3.63) is 59.4 Å². The molecule has 2 heterocycles. The van der Waals surface area contributed by atoms with Gasteiger partial charge < -0.3 is 9.64 Å². The fourth-order valence-corrected chi connectivity index (χ4v) is 3.12. The zero-order valence-electron chi connectivity index (χ0n) is 13.7. The Labute approximate surface area is 151 Å². The SMILES string of the molecule is O=C(OCCCc1cccnc1)C1CC(=O)N(c2ccccc2Cl)C1. The number of aromatic nitrogens is 1. The summed E-state index contributed by atoms with van der Waals surface area (Å²) in [5, 5.41) is 0.501. The van der Waals surface area contributed by atoms with E-state index in [-0.39, 0.29) is 18.3 Å². The molecule has 3 rings (SSSR count). The summed E-state index contributed by atoms with van der Waals surface area (Å²) in [4.78, 5) is 30.0. The van der Waals surface area contributed by atoms with Crippen LogP contribution in [0.1, 0.15) is 18.4 Å². The molecule has 1 fully saturated rings. The van der Waals surface area contributed by atoms with Crippen LogP contribution < -0.4 is 4.90 Å². The summed E-state index contributed by atoms with van der Waals surface area (Å²) < 4.78 is 5.34. The van der Waals surface area contributed by atoms with Crippen molar-refractivity contribution in [1.82, 2.24) is 4.98 Å². The second kappa shape index (κ2) is 8.12. The van der Waals surface area contributed by atoms with Gasteiger partial charge in [-0.2, -0.15) is 0 Å². The number of esters is 1. The molecule has 5 nitrogen and oxygen atoms in total. The minimum atomic E-state index is -0.442. The third-order valence-corrected chi connectivity index (χ3v) is 4.50. The van der Waals surface area contributed by atoms with Crippen LogP contribution in [0.15, 0.2) is 48.8 Å². The monoisotopic (exact) mass is 358 g/mol. The molecular formula is C19H19ClN2O3. The molecule has 0 bridgehead atoms. The minimum absolute atomic E-state index is 0.106. The highest BCUT2D eigenvalue weighted by atomic mass is 35.5. The summed E-state index contributed by atoms with van der Waals surface area (Å²) in [5.74, 6) is -0.873. The standard InChI is InChI=1S/C19H19ClN2O3/c20-16-7-1-2-8-17(16)22-13-15(11-18(22)23)19(24)25-10-4-6-14-5-3-9-21-12-14/h1-3,5,7-9,12,15H,4,6,10-11,13H2. The Kier molecular flexibility index (Phi) is 5.66. The molecule has 0 aliphatic carbocycles. The van der Waals surface area contributed by atoms with E-state index in [1.54, 1.807) is 35.5 Å². The second-order valence-electron chi connectivity index (χ2n) is 5.99. The van der Waals surface area contributed by atoms with E-state index in [1.807, 2.05) is 18.2 Å². The third-order valence-electron chi connectivity index (χ3n) is 4.18. The van der Waals surface area contributed by atoms with Crippen molar-refractivity contribution in [3.8, 4) is 0 Å². The lowest BCUT2D eigenvalue weighted by molar-refractivity contribution is -0.148. The van der Waals surface area contributed by atoms with E-state index in [4.69, 9.17) is 16.3 Å². The van der Waals surface area contributed by atoms with Gasteiger partial charge in [-0.25, -0.2) is 0 Å². The molecule has 0 radical (unpaired) electrons. The smallest absolute Gasteiger partial charge is 0.311 e. The van der Waals surface area contributed by atoms with Crippen molar-refractivity contribution in [1.29, 1.82) is 0 Å². The molecule has 0 saturated carbocycles. The van der Waals surface area contributed by atoms with Gasteiger partial charge in [-0.05, 0) is 36.6 Å². The summed E-state index contributed by atoms with van der Waals surface area (Å²) in [6.45, 7) is 0.647. The first-order valence-electron chi connectivity index (χ1n) is 8.25. The zero-order chi connectivity index (χ0) is 17.6. The average Bonchev–Trinajstić information content (AvgIpc) is 3.01. The van der Waals surface area contributed by atoms with E-state index < -0.39 is 5.92 Å². The second-order valence-corrected chi connectivity index (χ2v) is 6.40. The summed E-state index contributed by atoms with van der Waals surface area (Å²) in [5.41, 5.74) is 1.75. The Bertz CT molecular complexity index is 751. The van der Waals surface area contributed by atoms with Crippen molar-refractivity contribution in [2.45, 2.75) is 19.3 Å². The fourth-order valence-electron chi connectivity index (χ4n) is 2.88. The number of hydrogen-bond donors (Lipinski definition) is 0. The first-order valence-corrected chi connectivity index (χ1v) is 8.63. The van der Waals surface area contributed by atoms with Crippen molar-refractivity contribution in [2.75, 3.05) is 18.1 Å². The van der Waals surface area contributed by atoms with E-state index >= 15 is 0 Å². The van der Waals surface area contributed by atoms with Gasteiger partial charge in [-0.1, -0.05) is 29.8 Å². The van der Waals surface area contributed by atoms with Gasteiger partial charge in [0.15, 0.2) is 0 Å². The largest absolute Gasteiger partial charge is 0.465 e. The van der Waals surface area contributed by atoms with Gasteiger partial charge in [0.2, 0.25) is 5.91 Å². The number of amides is 1. The van der Waals surface area contributed by atoms with Crippen molar-refractivity contribution >= 4 is 29.2 Å². The molecule has 1 atom stereocenters. The molecule has 1 aromatic heterocycles. The zero-order valence-corrected chi connectivity index (χ0v) is 14.5. The lowest BCUT2D eigenvalue weighted by atomic mass is 10.1. The predicted octanol–water partition coefficient (Wildman–Crippen LogP) is 3.26. The van der Waals surface area contributed by atoms with Crippen molar-refractivity contribution in [3.63, 3.8) is 0 Å². The Morgan fingerprint density at radius 3 is 2.88 bits per heavy atom. The normalized spacial score (nSPS) is 16.9. The summed E-state index contributed by atoms with van der Waals surface area (Å²) >= 11 is 6.14. The average molecular weight is 359 g/mol. The Morgan fingerprint density at radius 1 is 1.28 bits per heavy atom. The minimum Gasteiger partial charge on any atom is -0.465 e. The number of carbonyl (C=O) groups is 2. The van der Waals surface area contributed by atoms with Gasteiger partial charge in [0.25, 0.3) is 0 Å². The first-order chi connectivity index (χ1) is 12.1. The van der Waals surface area contributed by atoms with Gasteiger partial charge in [0.1, 0.15) is 0 Å². The molecule has 1 aliphatic rings. The molecule has 6 heteroatoms. The molecule has 25 heavy (non-hydrogen) atoms. The van der Waals surface area contributed by atoms with Gasteiger partial charge in [-0.3, -0.25) is 14.6 Å². The maximum absolute atomic E-state index is 12.2. The molecule has 0 N–H and O–H groups in total. The van der Waals surface area contributed by atoms with Gasteiger partial charge in [0, 0.05) is 25.4 Å². The molecule has 2 aromatic rings. The number of anilines is 1. The van der Waals surface area contributed by atoms with E-state index in [0.717, 1.165) is 18.4 Å². The predicted molar refractivity (Wildman–Crippen MR) is 95.4 cm³/mol. The highest BCUT2D eigenvalue weighted by molar-refractivity contribution is 6.33. The van der Waals surface area contributed by atoms with Crippen molar-refractivity contribution in [2.24, 2.45) is 5.92 Å². The molecule has 0 spiro atoms. The van der Waals surface area contributed by atoms with E-state index in [2.05, 4.69) is 4.98 Å². The maximum Gasteiger partial charge on any atom is 0.311 e. The Morgan fingerprint density at radius 2 is 2.12 bits per heavy atom. The van der Waals surface area contributed by atoms with Crippen LogP contribution in [-0.4, -0.2) is 30.0 Å². The highest BCUT2D eigenvalue weighted by Crippen LogP contribution is 2.31. The molecule has 1 amide bonds. The molecule has 1 unspecified atom stereocenters. The summed E-state index contributed by atoms with van der Waals surface area (Å²) in [7, 11) is 0. The van der Waals surface area contributed by atoms with Crippen LogP contribution in [0, 0.1) is 5.92 Å². The number of hydrogen-bond acceptors (Lipinski definition) is 4. The number of aryl methyl sites for hydroxylation is 1. The van der Waals surface area contributed by atoms with Crippen LogP contribution in [0.25, 0.3) is 0 Å². The first kappa shape index (κ1) is 17.4. The van der Waals surface area contributed by atoms with Crippen LogP contribution >= 0.6 is 11.6 Å². The summed E-state index contributed by atoms with van der Waals surface area (Å²) in [6, 6.07) is 11.0. The molecule has 1 saturated heterocycles. The van der Waals surface area contributed by atoms with Crippen LogP contribution in [0.4, 0.5) is 5.69 Å². The Balaban J connectivity index is 1.49. The topological polar surface area (TPSA) is 59.5 Å². The van der Waals surface area contributed by atoms with E-state index in [9.17, 15) is 9.59 Å². The quantitative estimate of drug-likeness (QED) is 0.587. The molecule has 130 valence electrons. The lowest BCUT2D eigenvalue weighted by Gasteiger charge is -2.17. The summed E-state index contributed by atoms with van der Waals surface area (Å²) in [6.07, 6.45) is 5.22. The number of para-hydroxylation sites is 1. The highest BCUT2D eigenvalue weighted by Gasteiger charge is 2.36. The number of nitrogens with zero attached hydrogens (tertiary/aromatic N) is 2. The molecule has 1 aromatic carbocycles. The maximum atomic E-state index is 12.2. The number of benzene rings is 1. The Hall–Kier alpha value is -2.40. The van der Waals surface area contributed by atoms with Gasteiger partial charge >= 0.3 is 5.97 Å². The lowest BCUT2D eigenvalue weighted by Crippen LogP contribution is -2.26. The van der Waals surface area contributed by atoms with Crippen LogP contribution in [0.3, 0.4) is 0 Å². The van der Waals surface area contributed by atoms with Crippen LogP contribution in [-0.2, 0) is 20.7 Å². The molecule has 1 aliphatic heterocycles. The van der Waals surface area contributed by atoms with E-state index in [0.29, 0.717) is 23.9 Å². The fraction of sp³-hybridized carbons (Fsp3) is 0.316. The van der Waals surface area contributed by atoms with E-state index in [1.165, 1.54) is 0 Å². The number of carbonyl (C=O) groups excluding carboxylic acids is 2. The number of rotatable bonds is 6. The van der Waals surface area contributed by atoms with Crippen molar-refractivity contribution < 1.29 is 14.3 Å². The number of pyridine rings is 1. The molecular weight excluding hydrogens is 340 g/mol. The number of halogens is 1. The number of ether oxygens (including phenoxy) is 1.